The Labute approximate surface area is 298 Å². The molecule has 266 valence electrons. The molecule has 0 saturated carbocycles. The Balaban J connectivity index is 1.27. The summed E-state index contributed by atoms with van der Waals surface area (Å²) < 4.78 is 11.0. The van der Waals surface area contributed by atoms with E-state index in [0.717, 1.165) is 48.1 Å². The summed E-state index contributed by atoms with van der Waals surface area (Å²) >= 11 is 0. The number of fused-ring (bicyclic) bond motifs is 1. The van der Waals surface area contributed by atoms with E-state index in [1.54, 1.807) is 18.5 Å². The van der Waals surface area contributed by atoms with Gasteiger partial charge in [0.05, 0.1) is 28.8 Å². The molecule has 12 heteroatoms. The minimum Gasteiger partial charge on any atom is -0.444 e. The molecule has 0 spiro atoms. The number of carbonyl (C=O) groups excluding carboxylic acids is 3. The standard InChI is InChI=1S/C39H45N7O5/c1-25-18-30(42-38(49)51-39(2,3)4)23-46(22-25)34-14-17-41-21-33(34)44-36(47)35-32(45-37(48)50-24-26-8-6-5-7-9-26)20-29-11-10-28(19-31(29)43-35)27-12-15-40-16-13-27/h5-12,14,17,19-21,25,30,40H,13,15-16,18,22-24H2,1-4H3,(H,42,49)(H,44,47)(H,45,48)/t25-,30?/m1/s1. The number of alkyl carbamates (subject to hydrolysis) is 1. The minimum atomic E-state index is -0.710. The summed E-state index contributed by atoms with van der Waals surface area (Å²) in [6.07, 6.45) is 5.92. The first kappa shape index (κ1) is 35.3. The van der Waals surface area contributed by atoms with Gasteiger partial charge in [-0.1, -0.05) is 55.5 Å². The van der Waals surface area contributed by atoms with Gasteiger partial charge in [0.15, 0.2) is 5.69 Å². The number of nitrogens with one attached hydrogen (secondary N) is 4. The Hall–Kier alpha value is -5.49. The van der Waals surface area contributed by atoms with Crippen LogP contribution in [0.3, 0.4) is 0 Å². The molecule has 4 heterocycles. The molecule has 1 saturated heterocycles. The van der Waals surface area contributed by atoms with Gasteiger partial charge in [-0.25, -0.2) is 14.6 Å². The van der Waals surface area contributed by atoms with E-state index in [0.29, 0.717) is 24.3 Å². The number of piperidine rings is 1. The number of nitrogens with zero attached hydrogens (tertiary/aromatic N) is 3. The minimum absolute atomic E-state index is 0.0295. The first-order valence-electron chi connectivity index (χ1n) is 17.3. The topological polar surface area (TPSA) is 147 Å². The molecule has 1 unspecified atom stereocenters. The highest BCUT2D eigenvalue weighted by atomic mass is 16.6. The Kier molecular flexibility index (Phi) is 10.8. The maximum absolute atomic E-state index is 14.2. The fourth-order valence-electron chi connectivity index (χ4n) is 6.46. The van der Waals surface area contributed by atoms with Crippen molar-refractivity contribution in [1.29, 1.82) is 0 Å². The summed E-state index contributed by atoms with van der Waals surface area (Å²) in [5.74, 6) is -0.274. The van der Waals surface area contributed by atoms with Gasteiger partial charge in [0, 0.05) is 37.3 Å². The van der Waals surface area contributed by atoms with Gasteiger partial charge < -0.3 is 30.3 Å². The van der Waals surface area contributed by atoms with Crippen LogP contribution in [0.1, 0.15) is 62.2 Å². The summed E-state index contributed by atoms with van der Waals surface area (Å²) in [4.78, 5) is 51.0. The third-order valence-corrected chi connectivity index (χ3v) is 8.68. The molecule has 2 aromatic heterocycles. The lowest BCUT2D eigenvalue weighted by molar-refractivity contribution is 0.0495. The Morgan fingerprint density at radius 3 is 2.57 bits per heavy atom. The molecule has 0 aliphatic carbocycles. The van der Waals surface area contributed by atoms with E-state index < -0.39 is 23.7 Å². The van der Waals surface area contributed by atoms with Crippen LogP contribution in [0, 0.1) is 5.92 Å². The number of hydrogen-bond donors (Lipinski definition) is 4. The zero-order valence-corrected chi connectivity index (χ0v) is 29.5. The number of rotatable bonds is 8. The molecule has 4 N–H and O–H groups in total. The molecule has 2 aliphatic heterocycles. The van der Waals surface area contributed by atoms with E-state index in [1.165, 1.54) is 5.57 Å². The van der Waals surface area contributed by atoms with Crippen LogP contribution in [-0.2, 0) is 16.1 Å². The number of hydrogen-bond acceptors (Lipinski definition) is 9. The van der Waals surface area contributed by atoms with Crippen LogP contribution < -0.4 is 26.2 Å². The SMILES string of the molecule is C[C@@H]1CC(NC(=O)OC(C)(C)C)CN(c2ccncc2NC(=O)c2nc3cc(C4=CCNCC4)ccc3cc2NC(=O)OCc2ccccc2)C1. The van der Waals surface area contributed by atoms with Crippen molar-refractivity contribution in [2.24, 2.45) is 5.92 Å². The summed E-state index contributed by atoms with van der Waals surface area (Å²) in [6.45, 7) is 10.6. The molecule has 12 nitrogen and oxygen atoms in total. The van der Waals surface area contributed by atoms with Gasteiger partial charge in [-0.3, -0.25) is 15.1 Å². The largest absolute Gasteiger partial charge is 0.444 e. The van der Waals surface area contributed by atoms with Gasteiger partial charge in [0.2, 0.25) is 0 Å². The molecule has 3 amide bonds. The average Bonchev–Trinajstić information content (AvgIpc) is 3.10. The second kappa shape index (κ2) is 15.6. The van der Waals surface area contributed by atoms with Crippen LogP contribution in [0.2, 0.25) is 0 Å². The monoisotopic (exact) mass is 691 g/mol. The number of ether oxygens (including phenoxy) is 2. The van der Waals surface area contributed by atoms with Gasteiger partial charge in [-0.05, 0) is 81.0 Å². The van der Waals surface area contributed by atoms with Crippen LogP contribution in [0.4, 0.5) is 26.7 Å². The summed E-state index contributed by atoms with van der Waals surface area (Å²) in [6, 6.07) is 18.7. The first-order chi connectivity index (χ1) is 24.5. The number of pyridine rings is 2. The third-order valence-electron chi connectivity index (χ3n) is 8.68. The van der Waals surface area contributed by atoms with E-state index in [-0.39, 0.29) is 29.9 Å². The van der Waals surface area contributed by atoms with E-state index in [9.17, 15) is 14.4 Å². The van der Waals surface area contributed by atoms with Crippen molar-refractivity contribution >= 4 is 51.6 Å². The van der Waals surface area contributed by atoms with Crippen LogP contribution in [0.25, 0.3) is 16.5 Å². The van der Waals surface area contributed by atoms with Crippen molar-refractivity contribution in [2.75, 3.05) is 41.7 Å². The Morgan fingerprint density at radius 1 is 0.980 bits per heavy atom. The predicted molar refractivity (Wildman–Crippen MR) is 199 cm³/mol. The van der Waals surface area contributed by atoms with Crippen LogP contribution in [-0.4, -0.2) is 65.9 Å². The first-order valence-corrected chi connectivity index (χ1v) is 17.3. The fraction of sp³-hybridized carbons (Fsp3) is 0.359. The highest BCUT2D eigenvalue weighted by Crippen LogP contribution is 2.32. The fourth-order valence-corrected chi connectivity index (χ4v) is 6.46. The summed E-state index contributed by atoms with van der Waals surface area (Å²) in [7, 11) is 0. The number of carbonyl (C=O) groups is 3. The smallest absolute Gasteiger partial charge is 0.412 e. The number of anilines is 3. The van der Waals surface area contributed by atoms with Gasteiger partial charge in [0.1, 0.15) is 12.2 Å². The Bertz CT molecular complexity index is 1920. The van der Waals surface area contributed by atoms with Gasteiger partial charge in [-0.15, -0.1) is 0 Å². The Morgan fingerprint density at radius 2 is 1.80 bits per heavy atom. The van der Waals surface area contributed by atoms with Crippen molar-refractivity contribution < 1.29 is 23.9 Å². The highest BCUT2D eigenvalue weighted by molar-refractivity contribution is 6.11. The number of benzene rings is 2. The molecule has 0 radical (unpaired) electrons. The molecule has 0 bridgehead atoms. The van der Waals surface area contributed by atoms with Crippen LogP contribution in [0.15, 0.2) is 79.1 Å². The second-order valence-electron chi connectivity index (χ2n) is 14.1. The molecule has 1 fully saturated rings. The lowest BCUT2D eigenvalue weighted by Gasteiger charge is -2.39. The normalized spacial score (nSPS) is 17.6. The molecule has 6 rings (SSSR count). The molecule has 4 aromatic rings. The quantitative estimate of drug-likeness (QED) is 0.158. The lowest BCUT2D eigenvalue weighted by Crippen LogP contribution is -2.51. The van der Waals surface area contributed by atoms with Crippen molar-refractivity contribution in [2.45, 2.75) is 58.8 Å². The maximum Gasteiger partial charge on any atom is 0.412 e. The van der Waals surface area contributed by atoms with E-state index in [2.05, 4.69) is 44.2 Å². The molecular weight excluding hydrogens is 646 g/mol. The molecule has 2 aliphatic rings. The number of aromatic nitrogens is 2. The molecule has 2 aromatic carbocycles. The van der Waals surface area contributed by atoms with Crippen molar-refractivity contribution in [3.8, 4) is 0 Å². The van der Waals surface area contributed by atoms with Gasteiger partial charge in [0.25, 0.3) is 5.91 Å². The lowest BCUT2D eigenvalue weighted by atomic mass is 9.95. The summed E-state index contributed by atoms with van der Waals surface area (Å²) in [5.41, 5.74) is 4.56. The van der Waals surface area contributed by atoms with Gasteiger partial charge in [-0.2, -0.15) is 0 Å². The van der Waals surface area contributed by atoms with Crippen molar-refractivity contribution in [1.82, 2.24) is 20.6 Å². The third kappa shape index (κ3) is 9.40. The predicted octanol–water partition coefficient (Wildman–Crippen LogP) is 6.75. The number of amides is 3. The van der Waals surface area contributed by atoms with Gasteiger partial charge >= 0.3 is 12.2 Å². The van der Waals surface area contributed by atoms with E-state index in [4.69, 9.17) is 14.5 Å². The van der Waals surface area contributed by atoms with E-state index >= 15 is 0 Å². The zero-order valence-electron chi connectivity index (χ0n) is 29.5. The molecular formula is C39H45N7O5. The maximum atomic E-state index is 14.2. The molecule has 51 heavy (non-hydrogen) atoms. The molecule has 2 atom stereocenters. The average molecular weight is 692 g/mol. The second-order valence-corrected chi connectivity index (χ2v) is 14.1. The zero-order chi connectivity index (χ0) is 36.0. The van der Waals surface area contributed by atoms with E-state index in [1.807, 2.05) is 75.4 Å². The summed E-state index contributed by atoms with van der Waals surface area (Å²) in [5, 5.41) is 12.9. The van der Waals surface area contributed by atoms with Crippen molar-refractivity contribution in [3.63, 3.8) is 0 Å². The van der Waals surface area contributed by atoms with Crippen molar-refractivity contribution in [3.05, 3.63) is 96.0 Å². The van der Waals surface area contributed by atoms with Crippen LogP contribution in [0.5, 0.6) is 0 Å². The van der Waals surface area contributed by atoms with Crippen LogP contribution >= 0.6 is 0 Å². The highest BCUT2D eigenvalue weighted by Gasteiger charge is 2.29.